The summed E-state index contributed by atoms with van der Waals surface area (Å²) in [6.45, 7) is 4.16. The standard InChI is InChI=1S/C6H12OS/c1-4-3-6(8)5(2)7-4/h4-6,8H,3H2,1-2H3/t4?,5-,6+/m1/s1. The number of thiol groups is 1. The first-order chi connectivity index (χ1) is 3.70. The lowest BCUT2D eigenvalue weighted by Crippen LogP contribution is -2.09. The van der Waals surface area contributed by atoms with Crippen molar-refractivity contribution in [2.75, 3.05) is 0 Å². The minimum atomic E-state index is 0.355. The number of ether oxygens (including phenoxy) is 1. The second-order valence-corrected chi connectivity index (χ2v) is 3.12. The monoisotopic (exact) mass is 132 g/mol. The topological polar surface area (TPSA) is 9.23 Å². The van der Waals surface area contributed by atoms with Crippen LogP contribution in [0.15, 0.2) is 0 Å². The van der Waals surface area contributed by atoms with Gasteiger partial charge in [0.2, 0.25) is 0 Å². The second-order valence-electron chi connectivity index (χ2n) is 2.45. The van der Waals surface area contributed by atoms with Crippen molar-refractivity contribution in [2.45, 2.75) is 37.7 Å². The van der Waals surface area contributed by atoms with E-state index in [0.717, 1.165) is 6.42 Å². The Balaban J connectivity index is 2.39. The zero-order chi connectivity index (χ0) is 6.15. The van der Waals surface area contributed by atoms with E-state index in [1.807, 2.05) is 0 Å². The maximum absolute atomic E-state index is 5.40. The number of rotatable bonds is 0. The average Bonchev–Trinajstić information content (AvgIpc) is 1.85. The highest BCUT2D eigenvalue weighted by atomic mass is 32.1. The summed E-state index contributed by atoms with van der Waals surface area (Å²) < 4.78 is 5.40. The molecule has 0 bridgehead atoms. The van der Waals surface area contributed by atoms with E-state index in [0.29, 0.717) is 17.5 Å². The van der Waals surface area contributed by atoms with Gasteiger partial charge in [-0.25, -0.2) is 0 Å². The van der Waals surface area contributed by atoms with Crippen molar-refractivity contribution in [1.82, 2.24) is 0 Å². The maximum Gasteiger partial charge on any atom is 0.0667 e. The van der Waals surface area contributed by atoms with Crippen molar-refractivity contribution in [3.63, 3.8) is 0 Å². The molecule has 0 N–H and O–H groups in total. The van der Waals surface area contributed by atoms with E-state index in [4.69, 9.17) is 4.74 Å². The van der Waals surface area contributed by atoms with E-state index in [9.17, 15) is 0 Å². The Hall–Kier alpha value is 0.310. The first kappa shape index (κ1) is 6.43. The van der Waals surface area contributed by atoms with E-state index >= 15 is 0 Å². The van der Waals surface area contributed by atoms with Gasteiger partial charge in [0.25, 0.3) is 0 Å². The third-order valence-electron chi connectivity index (χ3n) is 1.56. The van der Waals surface area contributed by atoms with Crippen LogP contribution in [-0.4, -0.2) is 17.5 Å². The van der Waals surface area contributed by atoms with Crippen LogP contribution in [0.4, 0.5) is 0 Å². The zero-order valence-electron chi connectivity index (χ0n) is 5.29. The summed E-state index contributed by atoms with van der Waals surface area (Å²) in [6.07, 6.45) is 1.88. The SMILES string of the molecule is CC1C[C@H](S)[C@@H](C)O1. The molecule has 0 amide bonds. The molecule has 2 heteroatoms. The number of hydrogen-bond donors (Lipinski definition) is 1. The van der Waals surface area contributed by atoms with Crippen molar-refractivity contribution < 1.29 is 4.74 Å². The Bertz CT molecular complexity index is 74.6. The average molecular weight is 132 g/mol. The summed E-state index contributed by atoms with van der Waals surface area (Å²) in [4.78, 5) is 0. The molecule has 1 unspecified atom stereocenters. The van der Waals surface area contributed by atoms with E-state index < -0.39 is 0 Å². The molecule has 0 radical (unpaired) electrons. The Kier molecular flexibility index (Phi) is 1.83. The highest BCUT2D eigenvalue weighted by Gasteiger charge is 2.25. The summed E-state index contributed by atoms with van der Waals surface area (Å²) in [6, 6.07) is 0. The molecule has 3 atom stereocenters. The van der Waals surface area contributed by atoms with Gasteiger partial charge in [-0.3, -0.25) is 0 Å². The molecule has 0 aliphatic carbocycles. The molecule has 0 aromatic carbocycles. The third kappa shape index (κ3) is 1.17. The van der Waals surface area contributed by atoms with Gasteiger partial charge in [-0.15, -0.1) is 0 Å². The van der Waals surface area contributed by atoms with Crippen LogP contribution in [0.1, 0.15) is 20.3 Å². The first-order valence-electron chi connectivity index (χ1n) is 3.03. The molecule has 1 rings (SSSR count). The van der Waals surface area contributed by atoms with Gasteiger partial charge < -0.3 is 4.74 Å². The number of hydrogen-bond acceptors (Lipinski definition) is 2. The molecule has 1 nitrogen and oxygen atoms in total. The molecule has 8 heavy (non-hydrogen) atoms. The molecule has 1 aliphatic heterocycles. The van der Waals surface area contributed by atoms with E-state index in [2.05, 4.69) is 26.5 Å². The Labute approximate surface area is 55.8 Å². The molecular weight excluding hydrogens is 120 g/mol. The summed E-state index contributed by atoms with van der Waals surface area (Å²) in [5.74, 6) is 0. The molecule has 1 saturated heterocycles. The fourth-order valence-corrected chi connectivity index (χ4v) is 1.41. The van der Waals surface area contributed by atoms with Gasteiger partial charge >= 0.3 is 0 Å². The zero-order valence-corrected chi connectivity index (χ0v) is 6.19. The smallest absolute Gasteiger partial charge is 0.0667 e. The van der Waals surface area contributed by atoms with Gasteiger partial charge in [0.1, 0.15) is 0 Å². The van der Waals surface area contributed by atoms with Crippen LogP contribution in [0.5, 0.6) is 0 Å². The van der Waals surface area contributed by atoms with Crippen molar-refractivity contribution in [1.29, 1.82) is 0 Å². The van der Waals surface area contributed by atoms with E-state index in [-0.39, 0.29) is 0 Å². The van der Waals surface area contributed by atoms with Crippen LogP contribution in [0.3, 0.4) is 0 Å². The quantitative estimate of drug-likeness (QED) is 0.491. The van der Waals surface area contributed by atoms with Gasteiger partial charge in [0.15, 0.2) is 0 Å². The summed E-state index contributed by atoms with van der Waals surface area (Å²) >= 11 is 4.32. The molecule has 0 aromatic heterocycles. The van der Waals surface area contributed by atoms with Crippen molar-refractivity contribution in [3.05, 3.63) is 0 Å². The fourth-order valence-electron chi connectivity index (χ4n) is 1.04. The van der Waals surface area contributed by atoms with Gasteiger partial charge in [0.05, 0.1) is 12.2 Å². The van der Waals surface area contributed by atoms with Crippen molar-refractivity contribution in [3.8, 4) is 0 Å². The molecule has 48 valence electrons. The molecule has 0 aromatic rings. The predicted molar refractivity (Wildman–Crippen MR) is 37.4 cm³/mol. The lowest BCUT2D eigenvalue weighted by molar-refractivity contribution is 0.0684. The Morgan fingerprint density at radius 3 is 2.25 bits per heavy atom. The molecule has 0 saturated carbocycles. The second kappa shape index (κ2) is 2.28. The van der Waals surface area contributed by atoms with Gasteiger partial charge in [-0.05, 0) is 20.3 Å². The van der Waals surface area contributed by atoms with E-state index in [1.54, 1.807) is 0 Å². The fraction of sp³-hybridized carbons (Fsp3) is 1.00. The van der Waals surface area contributed by atoms with E-state index in [1.165, 1.54) is 0 Å². The summed E-state index contributed by atoms with van der Waals surface area (Å²) in [7, 11) is 0. The highest BCUT2D eigenvalue weighted by Crippen LogP contribution is 2.23. The molecule has 1 aliphatic rings. The van der Waals surface area contributed by atoms with Gasteiger partial charge in [0, 0.05) is 5.25 Å². The lowest BCUT2D eigenvalue weighted by atomic mass is 10.2. The molecule has 1 heterocycles. The minimum Gasteiger partial charge on any atom is -0.374 e. The van der Waals surface area contributed by atoms with Crippen molar-refractivity contribution in [2.24, 2.45) is 0 Å². The molecule has 1 fully saturated rings. The van der Waals surface area contributed by atoms with Crippen LogP contribution in [0, 0.1) is 0 Å². The van der Waals surface area contributed by atoms with Crippen LogP contribution >= 0.6 is 12.6 Å². The first-order valence-corrected chi connectivity index (χ1v) is 3.55. The summed E-state index contributed by atoms with van der Waals surface area (Å²) in [5.41, 5.74) is 0. The highest BCUT2D eigenvalue weighted by molar-refractivity contribution is 7.81. The van der Waals surface area contributed by atoms with Crippen molar-refractivity contribution >= 4 is 12.6 Å². The normalized spacial score (nSPS) is 47.6. The minimum absolute atomic E-state index is 0.355. The molecule has 0 spiro atoms. The Morgan fingerprint density at radius 2 is 2.12 bits per heavy atom. The van der Waals surface area contributed by atoms with Crippen LogP contribution in [-0.2, 0) is 4.74 Å². The van der Waals surface area contributed by atoms with Crippen LogP contribution in [0.25, 0.3) is 0 Å². The maximum atomic E-state index is 5.40. The molecular formula is C6H12OS. The van der Waals surface area contributed by atoms with Gasteiger partial charge in [-0.1, -0.05) is 0 Å². The van der Waals surface area contributed by atoms with Crippen LogP contribution < -0.4 is 0 Å². The Morgan fingerprint density at radius 1 is 1.50 bits per heavy atom. The lowest BCUT2D eigenvalue weighted by Gasteiger charge is -2.04. The van der Waals surface area contributed by atoms with Crippen LogP contribution in [0.2, 0.25) is 0 Å². The summed E-state index contributed by atoms with van der Waals surface area (Å²) in [5, 5.41) is 0.463. The van der Waals surface area contributed by atoms with Gasteiger partial charge in [-0.2, -0.15) is 12.6 Å². The third-order valence-corrected chi connectivity index (χ3v) is 2.19. The largest absolute Gasteiger partial charge is 0.374 e. The predicted octanol–water partition coefficient (Wildman–Crippen LogP) is 1.48.